The van der Waals surface area contributed by atoms with Crippen LogP contribution in [-0.4, -0.2) is 38.7 Å². The lowest BCUT2D eigenvalue weighted by Gasteiger charge is -2.23. The number of aliphatic hydroxyl groups excluding tert-OH is 2. The van der Waals surface area contributed by atoms with Crippen molar-refractivity contribution in [2.24, 2.45) is 0 Å². The fourth-order valence-corrected chi connectivity index (χ4v) is 4.50. The quantitative estimate of drug-likeness (QED) is 0.348. The Kier molecular flexibility index (Phi) is 7.36. The maximum absolute atomic E-state index is 14.9. The minimum atomic E-state index is -1.17. The first-order valence-corrected chi connectivity index (χ1v) is 11.3. The van der Waals surface area contributed by atoms with Crippen molar-refractivity contribution in [2.45, 2.75) is 18.6 Å². The second-order valence-corrected chi connectivity index (χ2v) is 8.52. The van der Waals surface area contributed by atoms with Crippen LogP contribution < -0.4 is 5.32 Å². The van der Waals surface area contributed by atoms with Gasteiger partial charge in [-0.3, -0.25) is 9.78 Å². The average molecular weight is 482 g/mol. The fourth-order valence-electron chi connectivity index (χ4n) is 3.52. The van der Waals surface area contributed by atoms with Crippen LogP contribution in [0.25, 0.3) is 21.0 Å². The SMILES string of the molecule is O=C(NC(CCO)C(O)c1ccccn1)c1cccc(F)c1-c1ncc(-c2ccc(F)cc2)s1. The minimum absolute atomic E-state index is 0.0217. The van der Waals surface area contributed by atoms with E-state index in [9.17, 15) is 23.8 Å². The van der Waals surface area contributed by atoms with Crippen LogP contribution in [0.15, 0.2) is 73.1 Å². The molecule has 1 amide bonds. The predicted octanol–water partition coefficient (Wildman–Crippen LogP) is 4.36. The normalized spacial score (nSPS) is 12.8. The molecule has 0 bridgehead atoms. The first-order chi connectivity index (χ1) is 16.5. The van der Waals surface area contributed by atoms with E-state index < -0.39 is 23.9 Å². The van der Waals surface area contributed by atoms with Gasteiger partial charge in [-0.05, 0) is 48.4 Å². The number of pyridine rings is 1. The summed E-state index contributed by atoms with van der Waals surface area (Å²) in [5.41, 5.74) is 1.11. The Labute approximate surface area is 198 Å². The van der Waals surface area contributed by atoms with Gasteiger partial charge in [0.2, 0.25) is 0 Å². The number of thiazole rings is 1. The largest absolute Gasteiger partial charge is 0.396 e. The molecule has 0 fully saturated rings. The summed E-state index contributed by atoms with van der Waals surface area (Å²) in [5, 5.41) is 23.1. The lowest BCUT2D eigenvalue weighted by Crippen LogP contribution is -2.40. The molecule has 2 atom stereocenters. The maximum Gasteiger partial charge on any atom is 0.252 e. The summed E-state index contributed by atoms with van der Waals surface area (Å²) >= 11 is 1.17. The van der Waals surface area contributed by atoms with Crippen molar-refractivity contribution < 1.29 is 23.8 Å². The summed E-state index contributed by atoms with van der Waals surface area (Å²) in [5.74, 6) is -1.62. The smallest absolute Gasteiger partial charge is 0.252 e. The highest BCUT2D eigenvalue weighted by Crippen LogP contribution is 2.35. The Morgan fingerprint density at radius 2 is 1.82 bits per heavy atom. The molecule has 0 spiro atoms. The highest BCUT2D eigenvalue weighted by molar-refractivity contribution is 7.18. The zero-order valence-corrected chi connectivity index (χ0v) is 18.7. The molecule has 0 aliphatic heterocycles. The van der Waals surface area contributed by atoms with E-state index in [1.54, 1.807) is 36.5 Å². The first kappa shape index (κ1) is 23.6. The number of rotatable bonds is 8. The summed E-state index contributed by atoms with van der Waals surface area (Å²) in [6, 6.07) is 14.1. The van der Waals surface area contributed by atoms with Gasteiger partial charge in [0.1, 0.15) is 22.7 Å². The molecule has 3 N–H and O–H groups in total. The summed E-state index contributed by atoms with van der Waals surface area (Å²) in [6.45, 7) is -0.279. The maximum atomic E-state index is 14.9. The van der Waals surface area contributed by atoms with Crippen molar-refractivity contribution in [2.75, 3.05) is 6.61 Å². The molecule has 4 rings (SSSR count). The number of nitrogens with one attached hydrogen (secondary N) is 1. The van der Waals surface area contributed by atoms with Gasteiger partial charge in [-0.15, -0.1) is 11.3 Å². The summed E-state index contributed by atoms with van der Waals surface area (Å²) in [6.07, 6.45) is 1.96. The van der Waals surface area contributed by atoms with Crippen LogP contribution in [0, 0.1) is 11.6 Å². The van der Waals surface area contributed by atoms with Gasteiger partial charge >= 0.3 is 0 Å². The molecule has 0 radical (unpaired) electrons. The molecule has 0 aliphatic carbocycles. The zero-order valence-electron chi connectivity index (χ0n) is 17.9. The number of hydrogen-bond acceptors (Lipinski definition) is 6. The molecular formula is C25H21F2N3O3S. The summed E-state index contributed by atoms with van der Waals surface area (Å²) in [7, 11) is 0. The number of aliphatic hydroxyl groups is 2. The van der Waals surface area contributed by atoms with E-state index in [0.717, 1.165) is 0 Å². The molecule has 174 valence electrons. The second kappa shape index (κ2) is 10.6. The molecule has 34 heavy (non-hydrogen) atoms. The number of hydrogen-bond donors (Lipinski definition) is 3. The average Bonchev–Trinajstić information content (AvgIpc) is 3.34. The standard InChI is InChI=1S/C25H21F2N3O3S/c26-16-9-7-15(8-10-16)21-14-29-25(34-21)22-17(4-3-5-18(22)27)24(33)30-20(11-13-31)23(32)19-6-1-2-12-28-19/h1-10,12,14,20,23,31-32H,11,13H2,(H,30,33). The van der Waals surface area contributed by atoms with E-state index in [0.29, 0.717) is 16.1 Å². The molecule has 9 heteroatoms. The number of nitrogens with zero attached hydrogens (tertiary/aromatic N) is 2. The second-order valence-electron chi connectivity index (χ2n) is 7.49. The molecule has 4 aromatic rings. The highest BCUT2D eigenvalue weighted by Gasteiger charge is 2.26. The Morgan fingerprint density at radius 3 is 2.53 bits per heavy atom. The molecule has 0 aliphatic rings. The molecule has 2 heterocycles. The van der Waals surface area contributed by atoms with Crippen LogP contribution in [0.1, 0.15) is 28.6 Å². The Hall–Kier alpha value is -3.53. The number of halogens is 2. The molecule has 2 unspecified atom stereocenters. The first-order valence-electron chi connectivity index (χ1n) is 10.5. The van der Waals surface area contributed by atoms with E-state index in [2.05, 4.69) is 15.3 Å². The van der Waals surface area contributed by atoms with Gasteiger partial charge in [-0.2, -0.15) is 0 Å². The van der Waals surface area contributed by atoms with E-state index in [1.165, 1.54) is 47.9 Å². The fraction of sp³-hybridized carbons (Fsp3) is 0.160. The van der Waals surface area contributed by atoms with E-state index >= 15 is 0 Å². The van der Waals surface area contributed by atoms with Crippen LogP contribution in [0.2, 0.25) is 0 Å². The van der Waals surface area contributed by atoms with E-state index in [-0.39, 0.29) is 35.0 Å². The van der Waals surface area contributed by atoms with Gasteiger partial charge in [0.25, 0.3) is 5.91 Å². The topological polar surface area (TPSA) is 95.3 Å². The van der Waals surface area contributed by atoms with Crippen molar-refractivity contribution in [3.8, 4) is 21.0 Å². The van der Waals surface area contributed by atoms with Crippen molar-refractivity contribution in [3.05, 3.63) is 95.9 Å². The number of carbonyl (C=O) groups excluding carboxylic acids is 1. The molecule has 2 aromatic carbocycles. The summed E-state index contributed by atoms with van der Waals surface area (Å²) < 4.78 is 28.2. The molecule has 0 saturated carbocycles. The monoisotopic (exact) mass is 481 g/mol. The van der Waals surface area contributed by atoms with Crippen molar-refractivity contribution in [3.63, 3.8) is 0 Å². The Bertz CT molecular complexity index is 1270. The van der Waals surface area contributed by atoms with Crippen molar-refractivity contribution in [1.29, 1.82) is 0 Å². The van der Waals surface area contributed by atoms with Gasteiger partial charge in [-0.25, -0.2) is 13.8 Å². The molecule has 0 saturated heterocycles. The zero-order chi connectivity index (χ0) is 24.1. The molecular weight excluding hydrogens is 460 g/mol. The van der Waals surface area contributed by atoms with Crippen LogP contribution >= 0.6 is 11.3 Å². The highest BCUT2D eigenvalue weighted by atomic mass is 32.1. The number of aromatic nitrogens is 2. The van der Waals surface area contributed by atoms with E-state index in [1.807, 2.05) is 0 Å². The van der Waals surface area contributed by atoms with Crippen molar-refractivity contribution in [1.82, 2.24) is 15.3 Å². The Morgan fingerprint density at radius 1 is 1.03 bits per heavy atom. The van der Waals surface area contributed by atoms with Crippen LogP contribution in [-0.2, 0) is 0 Å². The van der Waals surface area contributed by atoms with Gasteiger partial charge < -0.3 is 15.5 Å². The minimum Gasteiger partial charge on any atom is -0.396 e. The third kappa shape index (κ3) is 5.17. The van der Waals surface area contributed by atoms with Crippen LogP contribution in [0.4, 0.5) is 8.78 Å². The number of amides is 1. The van der Waals surface area contributed by atoms with Crippen LogP contribution in [0.3, 0.4) is 0 Å². The van der Waals surface area contributed by atoms with Gasteiger partial charge in [0, 0.05) is 19.0 Å². The third-order valence-corrected chi connectivity index (χ3v) is 6.30. The predicted molar refractivity (Wildman–Crippen MR) is 125 cm³/mol. The van der Waals surface area contributed by atoms with E-state index in [4.69, 9.17) is 0 Å². The molecule has 2 aromatic heterocycles. The number of carbonyl (C=O) groups is 1. The third-order valence-electron chi connectivity index (χ3n) is 5.24. The number of benzene rings is 2. The van der Waals surface area contributed by atoms with Gasteiger partial charge in [0.15, 0.2) is 0 Å². The van der Waals surface area contributed by atoms with Gasteiger partial charge in [-0.1, -0.05) is 24.3 Å². The van der Waals surface area contributed by atoms with Crippen LogP contribution in [0.5, 0.6) is 0 Å². The van der Waals surface area contributed by atoms with Gasteiger partial charge in [0.05, 0.1) is 27.7 Å². The lowest BCUT2D eigenvalue weighted by atomic mass is 10.0. The van der Waals surface area contributed by atoms with Crippen molar-refractivity contribution >= 4 is 17.2 Å². The molecule has 6 nitrogen and oxygen atoms in total. The Balaban J connectivity index is 1.63. The summed E-state index contributed by atoms with van der Waals surface area (Å²) in [4.78, 5) is 22.3. The lowest BCUT2D eigenvalue weighted by molar-refractivity contribution is 0.0779.